The van der Waals surface area contributed by atoms with E-state index >= 15 is 0 Å². The number of hydrogen-bond acceptors (Lipinski definition) is 6. The Labute approximate surface area is 236 Å². The van der Waals surface area contributed by atoms with E-state index in [-0.39, 0.29) is 30.3 Å². The molecule has 0 aliphatic heterocycles. The molecule has 2 saturated carbocycles. The number of aromatic nitrogens is 1. The third-order valence-electron chi connectivity index (χ3n) is 7.56. The van der Waals surface area contributed by atoms with Gasteiger partial charge in [-0.3, -0.25) is 4.79 Å². The van der Waals surface area contributed by atoms with Crippen LogP contribution in [0.3, 0.4) is 0 Å². The van der Waals surface area contributed by atoms with E-state index in [1.165, 1.54) is 12.1 Å². The topological polar surface area (TPSA) is 87.1 Å². The first-order valence-corrected chi connectivity index (χ1v) is 13.7. The zero-order chi connectivity index (χ0) is 29.0. The van der Waals surface area contributed by atoms with E-state index in [9.17, 15) is 23.1 Å². The summed E-state index contributed by atoms with van der Waals surface area (Å²) in [6, 6.07) is 14.8. The van der Waals surface area contributed by atoms with Crippen LogP contribution in [0.4, 0.5) is 13.2 Å². The summed E-state index contributed by atoms with van der Waals surface area (Å²) < 4.78 is 59.6. The maximum absolute atomic E-state index is 12.6. The molecule has 41 heavy (non-hydrogen) atoms. The summed E-state index contributed by atoms with van der Waals surface area (Å²) in [5.41, 5.74) is 2.38. The second-order valence-corrected chi connectivity index (χ2v) is 10.5. The largest absolute Gasteiger partial charge is 0.573 e. The summed E-state index contributed by atoms with van der Waals surface area (Å²) in [5.74, 6) is 0.991. The van der Waals surface area contributed by atoms with Crippen molar-refractivity contribution in [3.05, 3.63) is 66.4 Å². The first-order chi connectivity index (χ1) is 19.7. The van der Waals surface area contributed by atoms with Gasteiger partial charge in [0.2, 0.25) is 5.88 Å². The van der Waals surface area contributed by atoms with E-state index in [0.717, 1.165) is 49.7 Å². The fourth-order valence-corrected chi connectivity index (χ4v) is 5.38. The number of alkyl halides is 3. The molecule has 1 N–H and O–H groups in total. The highest BCUT2D eigenvalue weighted by atomic mass is 19.4. The molecule has 3 aromatic rings. The maximum atomic E-state index is 12.6. The molecule has 0 bridgehead atoms. The van der Waals surface area contributed by atoms with Gasteiger partial charge in [0, 0.05) is 23.9 Å². The van der Waals surface area contributed by atoms with Crippen molar-refractivity contribution < 1.29 is 42.0 Å². The number of methoxy groups -OCH3 is 1. The number of benzene rings is 2. The van der Waals surface area contributed by atoms with Crippen LogP contribution in [0, 0.1) is 5.92 Å². The first kappa shape index (κ1) is 28.6. The molecule has 0 saturated heterocycles. The number of pyridine rings is 1. The van der Waals surface area contributed by atoms with Gasteiger partial charge in [-0.05, 0) is 91.8 Å². The van der Waals surface area contributed by atoms with Crippen molar-refractivity contribution in [2.75, 3.05) is 7.11 Å². The summed E-state index contributed by atoms with van der Waals surface area (Å²) in [6.07, 6.45) is 1.99. The standard InChI is InChI=1S/C31H32F3NO6/c1-38-25-12-13-26(19-4-6-24(7-5-19)41-31(32,33)34)28(17-25)39-22-8-10-23(11-9-22)40-29-16-21(14-15-35-29)27(18-30(36)37)20-2-3-20/h4-7,12-17,20,22-23,27H,2-3,8-11,18H2,1H3,(H,36,37)/t22-,23-,27?. The summed E-state index contributed by atoms with van der Waals surface area (Å²) >= 11 is 0. The van der Waals surface area contributed by atoms with Crippen molar-refractivity contribution >= 4 is 5.97 Å². The molecule has 7 nitrogen and oxygen atoms in total. The smallest absolute Gasteiger partial charge is 0.497 e. The number of aliphatic carboxylic acids is 1. The highest BCUT2D eigenvalue weighted by molar-refractivity contribution is 5.72. The van der Waals surface area contributed by atoms with E-state index in [2.05, 4.69) is 9.72 Å². The second-order valence-electron chi connectivity index (χ2n) is 10.5. The third kappa shape index (κ3) is 7.83. The zero-order valence-electron chi connectivity index (χ0n) is 22.6. The van der Waals surface area contributed by atoms with Crippen LogP contribution in [-0.2, 0) is 4.79 Å². The highest BCUT2D eigenvalue weighted by Crippen LogP contribution is 2.45. The van der Waals surface area contributed by atoms with E-state index in [1.807, 2.05) is 18.2 Å². The highest BCUT2D eigenvalue weighted by Gasteiger charge is 2.34. The minimum Gasteiger partial charge on any atom is -0.497 e. The van der Waals surface area contributed by atoms with Gasteiger partial charge in [-0.1, -0.05) is 12.1 Å². The van der Waals surface area contributed by atoms with Crippen LogP contribution in [0.25, 0.3) is 11.1 Å². The van der Waals surface area contributed by atoms with Crippen LogP contribution >= 0.6 is 0 Å². The minimum atomic E-state index is -4.75. The van der Waals surface area contributed by atoms with E-state index in [1.54, 1.807) is 37.6 Å². The van der Waals surface area contributed by atoms with Gasteiger partial charge in [0.25, 0.3) is 0 Å². The van der Waals surface area contributed by atoms with Gasteiger partial charge in [0.1, 0.15) is 23.4 Å². The Morgan fingerprint density at radius 3 is 2.20 bits per heavy atom. The quantitative estimate of drug-likeness (QED) is 0.257. The average Bonchev–Trinajstić information content (AvgIpc) is 3.78. The number of rotatable bonds is 11. The molecule has 1 atom stereocenters. The summed E-state index contributed by atoms with van der Waals surface area (Å²) in [5, 5.41) is 9.33. The number of ether oxygens (including phenoxy) is 4. The number of nitrogens with zero attached hydrogens (tertiary/aromatic N) is 1. The van der Waals surface area contributed by atoms with Crippen molar-refractivity contribution in [2.24, 2.45) is 5.92 Å². The number of hydrogen-bond donors (Lipinski definition) is 1. The van der Waals surface area contributed by atoms with Crippen molar-refractivity contribution in [3.8, 4) is 34.3 Å². The maximum Gasteiger partial charge on any atom is 0.573 e. The number of carboxylic acid groups (broad SMARTS) is 1. The van der Waals surface area contributed by atoms with Crippen LogP contribution in [-0.4, -0.2) is 41.7 Å². The monoisotopic (exact) mass is 571 g/mol. The lowest BCUT2D eigenvalue weighted by atomic mass is 9.91. The Balaban J connectivity index is 1.21. The number of carboxylic acids is 1. The molecule has 0 radical (unpaired) electrons. The summed E-state index contributed by atoms with van der Waals surface area (Å²) in [4.78, 5) is 15.7. The molecule has 0 spiro atoms. The van der Waals surface area contributed by atoms with Crippen LogP contribution in [0.15, 0.2) is 60.8 Å². The van der Waals surface area contributed by atoms with Crippen LogP contribution < -0.4 is 18.9 Å². The molecule has 5 rings (SSSR count). The van der Waals surface area contributed by atoms with Gasteiger partial charge < -0.3 is 24.1 Å². The lowest BCUT2D eigenvalue weighted by molar-refractivity contribution is -0.274. The normalized spacial score (nSPS) is 19.7. The molecule has 0 amide bonds. The van der Waals surface area contributed by atoms with Gasteiger partial charge in [-0.15, -0.1) is 13.2 Å². The van der Waals surface area contributed by atoms with Gasteiger partial charge >= 0.3 is 12.3 Å². The average molecular weight is 572 g/mol. The van der Waals surface area contributed by atoms with Crippen molar-refractivity contribution in [1.29, 1.82) is 0 Å². The molecule has 10 heteroatoms. The fourth-order valence-electron chi connectivity index (χ4n) is 5.38. The van der Waals surface area contributed by atoms with Crippen molar-refractivity contribution in [1.82, 2.24) is 4.98 Å². The van der Waals surface area contributed by atoms with E-state index in [4.69, 9.17) is 14.2 Å². The molecule has 1 heterocycles. The molecule has 218 valence electrons. The molecule has 1 unspecified atom stereocenters. The molecular formula is C31H32F3NO6. The summed E-state index contributed by atoms with van der Waals surface area (Å²) in [7, 11) is 1.56. The Bertz CT molecular complexity index is 1330. The molecule has 2 aliphatic rings. The molecule has 1 aromatic heterocycles. The predicted molar refractivity (Wildman–Crippen MR) is 144 cm³/mol. The Morgan fingerprint density at radius 1 is 0.927 bits per heavy atom. The summed E-state index contributed by atoms with van der Waals surface area (Å²) in [6.45, 7) is 0. The zero-order valence-corrected chi connectivity index (χ0v) is 22.6. The van der Waals surface area contributed by atoms with Crippen molar-refractivity contribution in [2.45, 2.75) is 69.4 Å². The second kappa shape index (κ2) is 12.3. The van der Waals surface area contributed by atoms with Crippen molar-refractivity contribution in [3.63, 3.8) is 0 Å². The Hall–Kier alpha value is -3.95. The minimum absolute atomic E-state index is 0.0209. The number of halogens is 3. The van der Waals surface area contributed by atoms with Gasteiger partial charge in [-0.2, -0.15) is 0 Å². The lowest BCUT2D eigenvalue weighted by Gasteiger charge is -2.30. The molecule has 2 aromatic carbocycles. The Morgan fingerprint density at radius 2 is 1.59 bits per heavy atom. The lowest BCUT2D eigenvalue weighted by Crippen LogP contribution is -2.30. The molecule has 2 aliphatic carbocycles. The van der Waals surface area contributed by atoms with Crippen LogP contribution in [0.5, 0.6) is 23.1 Å². The Kier molecular flexibility index (Phi) is 8.56. The number of carbonyl (C=O) groups is 1. The molecular weight excluding hydrogens is 539 g/mol. The fraction of sp³-hybridized carbons (Fsp3) is 0.419. The predicted octanol–water partition coefficient (Wildman–Crippen LogP) is 7.39. The van der Waals surface area contributed by atoms with Gasteiger partial charge in [0.15, 0.2) is 0 Å². The SMILES string of the molecule is COc1ccc(-c2ccc(OC(F)(F)F)cc2)c(O[C@H]2CC[C@H](Oc3cc(C(CC(=O)O)C4CC4)ccn3)CC2)c1. The van der Waals surface area contributed by atoms with E-state index in [0.29, 0.717) is 28.9 Å². The van der Waals surface area contributed by atoms with Crippen LogP contribution in [0.1, 0.15) is 56.4 Å². The first-order valence-electron chi connectivity index (χ1n) is 13.7. The van der Waals surface area contributed by atoms with Gasteiger partial charge in [0.05, 0.1) is 19.6 Å². The van der Waals surface area contributed by atoms with Crippen LogP contribution in [0.2, 0.25) is 0 Å². The van der Waals surface area contributed by atoms with E-state index < -0.39 is 12.3 Å². The molecule has 2 fully saturated rings. The third-order valence-corrected chi connectivity index (χ3v) is 7.56. The van der Waals surface area contributed by atoms with Gasteiger partial charge in [-0.25, -0.2) is 4.98 Å².